The van der Waals surface area contributed by atoms with Crippen LogP contribution in [0, 0.1) is 18.8 Å². The fourth-order valence-electron chi connectivity index (χ4n) is 3.85. The van der Waals surface area contributed by atoms with Gasteiger partial charge in [0.1, 0.15) is 23.9 Å². The minimum Gasteiger partial charge on any atom is -0.487 e. The molecule has 1 N–H and O–H groups in total. The van der Waals surface area contributed by atoms with Crippen molar-refractivity contribution in [3.8, 4) is 40.4 Å². The van der Waals surface area contributed by atoms with E-state index in [4.69, 9.17) is 4.74 Å². The van der Waals surface area contributed by atoms with Crippen LogP contribution in [-0.4, -0.2) is 24.9 Å². The Morgan fingerprint density at radius 3 is 2.40 bits per heavy atom. The molecule has 0 aliphatic rings. The zero-order valence-corrected chi connectivity index (χ0v) is 21.0. The van der Waals surface area contributed by atoms with E-state index in [9.17, 15) is 18.0 Å². The van der Waals surface area contributed by atoms with Gasteiger partial charge in [0.05, 0.1) is 16.8 Å². The predicted molar refractivity (Wildman–Crippen MR) is 142 cm³/mol. The second-order valence-electron chi connectivity index (χ2n) is 8.61. The SMILES string of the molecule is Cc1cccc(COc2cccc(C(F)(F)F)c2-c2nc(-c3ccc(C#Cc4ccccc4)nc3)nc(=O)[nH]2)n1. The number of aromatic nitrogens is 5. The van der Waals surface area contributed by atoms with Crippen LogP contribution in [0.2, 0.25) is 0 Å². The van der Waals surface area contributed by atoms with Crippen molar-refractivity contribution < 1.29 is 17.9 Å². The molecule has 0 amide bonds. The molecule has 0 fully saturated rings. The van der Waals surface area contributed by atoms with Gasteiger partial charge < -0.3 is 4.74 Å². The molecule has 0 bridgehead atoms. The zero-order valence-electron chi connectivity index (χ0n) is 21.0. The number of aromatic amines is 1. The van der Waals surface area contributed by atoms with Crippen molar-refractivity contribution in [1.29, 1.82) is 0 Å². The van der Waals surface area contributed by atoms with Crippen LogP contribution in [0.5, 0.6) is 5.75 Å². The Hall–Kier alpha value is -5.30. The van der Waals surface area contributed by atoms with Crippen LogP contribution in [0.3, 0.4) is 0 Å². The molecule has 0 spiro atoms. The van der Waals surface area contributed by atoms with Crippen LogP contribution in [0.1, 0.15) is 28.2 Å². The van der Waals surface area contributed by atoms with Gasteiger partial charge in [-0.25, -0.2) is 14.8 Å². The van der Waals surface area contributed by atoms with Crippen molar-refractivity contribution in [3.63, 3.8) is 0 Å². The summed E-state index contributed by atoms with van der Waals surface area (Å²) in [5, 5.41) is 0. The number of hydrogen-bond donors (Lipinski definition) is 1. The summed E-state index contributed by atoms with van der Waals surface area (Å²) in [7, 11) is 0. The molecule has 0 saturated heterocycles. The fourth-order valence-corrected chi connectivity index (χ4v) is 3.85. The maximum atomic E-state index is 14.1. The summed E-state index contributed by atoms with van der Waals surface area (Å²) in [5.41, 5.74) is 0.553. The smallest absolute Gasteiger partial charge is 0.417 e. The van der Waals surface area contributed by atoms with E-state index >= 15 is 0 Å². The summed E-state index contributed by atoms with van der Waals surface area (Å²) in [6, 6.07) is 21.3. The summed E-state index contributed by atoms with van der Waals surface area (Å²) < 4.78 is 48.0. The molecular formula is C30H20F3N5O2. The molecule has 40 heavy (non-hydrogen) atoms. The lowest BCUT2D eigenvalue weighted by molar-refractivity contribution is -0.137. The first-order chi connectivity index (χ1) is 19.3. The molecule has 3 heterocycles. The molecule has 3 aromatic heterocycles. The van der Waals surface area contributed by atoms with E-state index < -0.39 is 23.0 Å². The van der Waals surface area contributed by atoms with Crippen LogP contribution in [-0.2, 0) is 12.8 Å². The number of H-pyrrole nitrogens is 1. The summed E-state index contributed by atoms with van der Waals surface area (Å²) in [6.07, 6.45) is -3.34. The number of aryl methyl sites for hydroxylation is 1. The first-order valence-electron chi connectivity index (χ1n) is 12.0. The second-order valence-corrected chi connectivity index (χ2v) is 8.61. The highest BCUT2D eigenvalue weighted by Crippen LogP contribution is 2.41. The van der Waals surface area contributed by atoms with Gasteiger partial charge in [0.25, 0.3) is 0 Å². The highest BCUT2D eigenvalue weighted by molar-refractivity contribution is 5.70. The molecule has 7 nitrogen and oxygen atoms in total. The Labute approximate surface area is 226 Å². The van der Waals surface area contributed by atoms with Gasteiger partial charge in [0.15, 0.2) is 5.82 Å². The third-order valence-corrected chi connectivity index (χ3v) is 5.67. The average molecular weight is 540 g/mol. The summed E-state index contributed by atoms with van der Waals surface area (Å²) in [5.74, 6) is 5.36. The third-order valence-electron chi connectivity index (χ3n) is 5.67. The van der Waals surface area contributed by atoms with Crippen LogP contribution in [0.15, 0.2) is 89.9 Å². The number of alkyl halides is 3. The molecule has 5 aromatic rings. The topological polar surface area (TPSA) is 93.6 Å². The second kappa shape index (κ2) is 11.2. The molecule has 10 heteroatoms. The Morgan fingerprint density at radius 1 is 0.875 bits per heavy atom. The van der Waals surface area contributed by atoms with Gasteiger partial charge in [-0.05, 0) is 61.4 Å². The van der Waals surface area contributed by atoms with Gasteiger partial charge in [-0.1, -0.05) is 36.3 Å². The number of halogens is 3. The van der Waals surface area contributed by atoms with E-state index in [0.717, 1.165) is 17.3 Å². The molecule has 5 rings (SSSR count). The lowest BCUT2D eigenvalue weighted by atomic mass is 10.0. The van der Waals surface area contributed by atoms with E-state index in [1.165, 1.54) is 18.3 Å². The monoisotopic (exact) mass is 539 g/mol. The normalized spacial score (nSPS) is 11.0. The quantitative estimate of drug-likeness (QED) is 0.293. The summed E-state index contributed by atoms with van der Waals surface area (Å²) >= 11 is 0. The van der Waals surface area contributed by atoms with E-state index in [1.807, 2.05) is 30.3 Å². The van der Waals surface area contributed by atoms with Gasteiger partial charge >= 0.3 is 11.9 Å². The first-order valence-corrected chi connectivity index (χ1v) is 12.0. The standard InChI is InChI=1S/C30H20F3N5O2/c1-19-7-5-10-23(35-19)18-40-25-12-6-11-24(30(31,32)33)26(25)28-36-27(37-29(39)38-28)21-14-16-22(34-17-21)15-13-20-8-3-2-4-9-20/h2-12,14,16-17H,18H2,1H3,(H,36,37,38,39). The third kappa shape index (κ3) is 6.22. The molecule has 198 valence electrons. The molecule has 0 aliphatic heterocycles. The molecule has 2 aromatic carbocycles. The molecule has 0 saturated carbocycles. The number of nitrogens with one attached hydrogen (secondary N) is 1. The highest BCUT2D eigenvalue weighted by atomic mass is 19.4. The van der Waals surface area contributed by atoms with Crippen molar-refractivity contribution in [3.05, 3.63) is 124 Å². The largest absolute Gasteiger partial charge is 0.487 e. The van der Waals surface area contributed by atoms with E-state index in [1.54, 1.807) is 37.3 Å². The number of benzene rings is 2. The average Bonchev–Trinajstić information content (AvgIpc) is 2.95. The maximum Gasteiger partial charge on any atom is 0.417 e. The van der Waals surface area contributed by atoms with Crippen molar-refractivity contribution in [2.75, 3.05) is 0 Å². The molecule has 0 aliphatic carbocycles. The van der Waals surface area contributed by atoms with Gasteiger partial charge in [0, 0.05) is 23.0 Å². The Bertz CT molecular complexity index is 1770. The van der Waals surface area contributed by atoms with Gasteiger partial charge in [0.2, 0.25) is 0 Å². The first kappa shape index (κ1) is 26.3. The van der Waals surface area contributed by atoms with Crippen molar-refractivity contribution in [2.45, 2.75) is 19.7 Å². The predicted octanol–water partition coefficient (Wildman–Crippen LogP) is 5.59. The molecular weight excluding hydrogens is 519 g/mol. The number of rotatable bonds is 5. The number of pyridine rings is 2. The van der Waals surface area contributed by atoms with E-state index in [0.29, 0.717) is 17.0 Å². The summed E-state index contributed by atoms with van der Waals surface area (Å²) in [4.78, 5) is 31.5. The summed E-state index contributed by atoms with van der Waals surface area (Å²) in [6.45, 7) is 1.71. The molecule has 0 unspecified atom stereocenters. The number of hydrogen-bond acceptors (Lipinski definition) is 6. The zero-order chi connectivity index (χ0) is 28.1. The Balaban J connectivity index is 1.51. The van der Waals surface area contributed by atoms with Crippen molar-refractivity contribution in [1.82, 2.24) is 24.9 Å². The molecule has 0 atom stereocenters. The van der Waals surface area contributed by atoms with Gasteiger partial charge in [-0.3, -0.25) is 9.97 Å². The molecule has 0 radical (unpaired) electrons. The van der Waals surface area contributed by atoms with Crippen molar-refractivity contribution >= 4 is 0 Å². The van der Waals surface area contributed by atoms with Crippen LogP contribution in [0.25, 0.3) is 22.8 Å². The Morgan fingerprint density at radius 2 is 1.68 bits per heavy atom. The number of nitrogens with zero attached hydrogens (tertiary/aromatic N) is 4. The number of ether oxygens (including phenoxy) is 1. The van der Waals surface area contributed by atoms with Crippen molar-refractivity contribution in [2.24, 2.45) is 0 Å². The Kier molecular flexibility index (Phi) is 7.37. The maximum absolute atomic E-state index is 14.1. The van der Waals surface area contributed by atoms with Crippen LogP contribution < -0.4 is 10.4 Å². The van der Waals surface area contributed by atoms with Crippen LogP contribution >= 0.6 is 0 Å². The lowest BCUT2D eigenvalue weighted by Crippen LogP contribution is -2.17. The minimum absolute atomic E-state index is 0.0897. The lowest BCUT2D eigenvalue weighted by Gasteiger charge is -2.17. The highest BCUT2D eigenvalue weighted by Gasteiger charge is 2.36. The van der Waals surface area contributed by atoms with Gasteiger partial charge in [-0.15, -0.1) is 0 Å². The fraction of sp³-hybridized carbons (Fsp3) is 0.100. The van der Waals surface area contributed by atoms with E-state index in [-0.39, 0.29) is 24.0 Å². The minimum atomic E-state index is -4.75. The van der Waals surface area contributed by atoms with Gasteiger partial charge in [-0.2, -0.15) is 18.2 Å². The van der Waals surface area contributed by atoms with E-state index in [2.05, 4.69) is 36.8 Å². The van der Waals surface area contributed by atoms with Crippen LogP contribution in [0.4, 0.5) is 13.2 Å².